The summed E-state index contributed by atoms with van der Waals surface area (Å²) >= 11 is 0. The lowest BCUT2D eigenvalue weighted by Crippen LogP contribution is -2.28. The molecule has 1 unspecified atom stereocenters. The van der Waals surface area contributed by atoms with Crippen molar-refractivity contribution in [3.05, 3.63) is 30.1 Å². The number of ether oxygens (including phenoxy) is 1. The van der Waals surface area contributed by atoms with Crippen LogP contribution in [0.4, 0.5) is 0 Å². The fraction of sp³-hybridized carbons (Fsp3) is 0.300. The number of esters is 1. The van der Waals surface area contributed by atoms with Crippen LogP contribution in [0.15, 0.2) is 24.4 Å². The first-order chi connectivity index (χ1) is 7.27. The van der Waals surface area contributed by atoms with Gasteiger partial charge in [0.2, 0.25) is 0 Å². The summed E-state index contributed by atoms with van der Waals surface area (Å²) in [5.41, 5.74) is 0.587. The Bertz CT molecular complexity index is 359. The van der Waals surface area contributed by atoms with Crippen LogP contribution in [0.25, 0.3) is 0 Å². The third kappa shape index (κ3) is 3.37. The van der Waals surface area contributed by atoms with Crippen LogP contribution in [0.2, 0.25) is 0 Å². The van der Waals surface area contributed by atoms with Crippen molar-refractivity contribution < 1.29 is 9.53 Å². The summed E-state index contributed by atoms with van der Waals surface area (Å²) in [6, 6.07) is 6.69. The predicted molar refractivity (Wildman–Crippen MR) is 52.6 cm³/mol. The highest BCUT2D eigenvalue weighted by molar-refractivity contribution is 5.71. The second kappa shape index (κ2) is 5.73. The molecular weight excluding hydrogens is 194 g/mol. The van der Waals surface area contributed by atoms with Gasteiger partial charge in [-0.25, -0.2) is 0 Å². The van der Waals surface area contributed by atoms with Crippen LogP contribution >= 0.6 is 0 Å². The monoisotopic (exact) mass is 205 g/mol. The molecule has 5 heteroatoms. The van der Waals surface area contributed by atoms with Crippen LogP contribution in [0.1, 0.15) is 11.7 Å². The van der Waals surface area contributed by atoms with E-state index in [1.54, 1.807) is 24.4 Å². The molecule has 0 fully saturated rings. The van der Waals surface area contributed by atoms with E-state index in [1.807, 2.05) is 6.07 Å². The number of hydrogen-bond donors (Lipinski definition) is 1. The highest BCUT2D eigenvalue weighted by Crippen LogP contribution is 2.06. The number of methoxy groups -OCH3 is 1. The summed E-state index contributed by atoms with van der Waals surface area (Å²) in [4.78, 5) is 14.9. The lowest BCUT2D eigenvalue weighted by atomic mass is 10.2. The van der Waals surface area contributed by atoms with Crippen LogP contribution < -0.4 is 5.32 Å². The van der Waals surface area contributed by atoms with Crippen LogP contribution in [0.3, 0.4) is 0 Å². The van der Waals surface area contributed by atoms with Gasteiger partial charge in [0.15, 0.2) is 0 Å². The van der Waals surface area contributed by atoms with E-state index in [0.29, 0.717) is 5.69 Å². The molecule has 0 bridgehead atoms. The molecule has 0 radical (unpaired) electrons. The lowest BCUT2D eigenvalue weighted by molar-refractivity contribution is -0.139. The van der Waals surface area contributed by atoms with Gasteiger partial charge in [0, 0.05) is 6.20 Å². The Balaban J connectivity index is 2.59. The Morgan fingerprint density at radius 2 is 2.53 bits per heavy atom. The number of pyridine rings is 1. The molecule has 15 heavy (non-hydrogen) atoms. The van der Waals surface area contributed by atoms with Crippen molar-refractivity contribution in [1.82, 2.24) is 10.3 Å². The molecule has 1 aromatic heterocycles. The maximum absolute atomic E-state index is 10.8. The van der Waals surface area contributed by atoms with Crippen molar-refractivity contribution in [2.45, 2.75) is 6.04 Å². The topological polar surface area (TPSA) is 75.0 Å². The number of nitriles is 1. The molecule has 0 aromatic carbocycles. The van der Waals surface area contributed by atoms with E-state index in [1.165, 1.54) is 7.11 Å². The van der Waals surface area contributed by atoms with Gasteiger partial charge in [0.05, 0.1) is 25.4 Å². The van der Waals surface area contributed by atoms with E-state index in [4.69, 9.17) is 5.26 Å². The summed E-state index contributed by atoms with van der Waals surface area (Å²) < 4.78 is 4.45. The van der Waals surface area contributed by atoms with Crippen LogP contribution in [-0.4, -0.2) is 24.6 Å². The van der Waals surface area contributed by atoms with E-state index < -0.39 is 12.0 Å². The fourth-order valence-electron chi connectivity index (χ4n) is 1.02. The first-order valence-corrected chi connectivity index (χ1v) is 4.38. The molecule has 0 aliphatic heterocycles. The summed E-state index contributed by atoms with van der Waals surface area (Å²) in [6.07, 6.45) is 1.60. The standard InChI is InChI=1S/C10H11N3O2/c1-15-10(14)7-13-9(6-11)8-4-2-3-5-12-8/h2-5,9,13H,7H2,1H3. The molecule has 1 rings (SSSR count). The number of nitrogens with one attached hydrogen (secondary N) is 1. The van der Waals surface area contributed by atoms with E-state index in [0.717, 1.165) is 0 Å². The maximum Gasteiger partial charge on any atom is 0.319 e. The van der Waals surface area contributed by atoms with E-state index >= 15 is 0 Å². The average molecular weight is 205 g/mol. The molecule has 78 valence electrons. The molecule has 0 aliphatic rings. The highest BCUT2D eigenvalue weighted by atomic mass is 16.5. The smallest absolute Gasteiger partial charge is 0.319 e. The molecule has 0 saturated carbocycles. The van der Waals surface area contributed by atoms with Gasteiger partial charge in [-0.2, -0.15) is 5.26 Å². The zero-order valence-electron chi connectivity index (χ0n) is 8.30. The fourth-order valence-corrected chi connectivity index (χ4v) is 1.02. The molecule has 0 aliphatic carbocycles. The van der Waals surface area contributed by atoms with Crippen molar-refractivity contribution in [3.63, 3.8) is 0 Å². The first-order valence-electron chi connectivity index (χ1n) is 4.38. The van der Waals surface area contributed by atoms with Crippen molar-refractivity contribution in [2.24, 2.45) is 0 Å². The Morgan fingerprint density at radius 3 is 3.07 bits per heavy atom. The Labute approximate surface area is 87.7 Å². The Morgan fingerprint density at radius 1 is 1.73 bits per heavy atom. The Hall–Kier alpha value is -1.93. The summed E-state index contributed by atoms with van der Waals surface area (Å²) in [5.74, 6) is -0.411. The number of aromatic nitrogens is 1. The highest BCUT2D eigenvalue weighted by Gasteiger charge is 2.12. The van der Waals surface area contributed by atoms with Gasteiger partial charge < -0.3 is 4.74 Å². The van der Waals surface area contributed by atoms with Crippen molar-refractivity contribution >= 4 is 5.97 Å². The van der Waals surface area contributed by atoms with Crippen molar-refractivity contribution in [2.75, 3.05) is 13.7 Å². The minimum absolute atomic E-state index is 0.00863. The van der Waals surface area contributed by atoms with Crippen molar-refractivity contribution in [1.29, 1.82) is 5.26 Å². The lowest BCUT2D eigenvalue weighted by Gasteiger charge is -2.09. The summed E-state index contributed by atoms with van der Waals surface area (Å²) in [7, 11) is 1.30. The third-order valence-corrected chi connectivity index (χ3v) is 1.79. The molecule has 0 amide bonds. The van der Waals surface area contributed by atoms with Gasteiger partial charge in [0.25, 0.3) is 0 Å². The average Bonchev–Trinajstić information content (AvgIpc) is 2.31. The Kier molecular flexibility index (Phi) is 4.26. The van der Waals surface area contributed by atoms with Crippen LogP contribution in [0.5, 0.6) is 0 Å². The van der Waals surface area contributed by atoms with E-state index in [9.17, 15) is 4.79 Å². The second-order valence-corrected chi connectivity index (χ2v) is 2.77. The first kappa shape index (κ1) is 11.1. The molecule has 0 saturated heterocycles. The second-order valence-electron chi connectivity index (χ2n) is 2.77. The summed E-state index contributed by atoms with van der Waals surface area (Å²) in [6.45, 7) is -0.00863. The van der Waals surface area contributed by atoms with Gasteiger partial charge in [-0.15, -0.1) is 0 Å². The summed E-state index contributed by atoms with van der Waals surface area (Å²) in [5, 5.41) is 11.6. The molecule has 0 spiro atoms. The van der Waals surface area contributed by atoms with E-state index in [2.05, 4.69) is 15.0 Å². The number of hydrogen-bond acceptors (Lipinski definition) is 5. The zero-order chi connectivity index (χ0) is 11.1. The van der Waals surface area contributed by atoms with Crippen LogP contribution in [-0.2, 0) is 9.53 Å². The largest absolute Gasteiger partial charge is 0.468 e. The minimum atomic E-state index is -0.592. The van der Waals surface area contributed by atoms with Gasteiger partial charge in [0.1, 0.15) is 6.04 Å². The van der Waals surface area contributed by atoms with E-state index in [-0.39, 0.29) is 6.54 Å². The zero-order valence-corrected chi connectivity index (χ0v) is 8.30. The predicted octanol–water partition coefficient (Wildman–Crippen LogP) is 0.409. The van der Waals surface area contributed by atoms with Gasteiger partial charge in [-0.3, -0.25) is 15.1 Å². The number of rotatable bonds is 4. The molecule has 1 aromatic rings. The minimum Gasteiger partial charge on any atom is -0.468 e. The quantitative estimate of drug-likeness (QED) is 0.720. The third-order valence-electron chi connectivity index (χ3n) is 1.79. The molecule has 1 N–H and O–H groups in total. The molecular formula is C10H11N3O2. The number of nitrogens with zero attached hydrogens (tertiary/aromatic N) is 2. The maximum atomic E-state index is 10.8. The SMILES string of the molecule is COC(=O)CNC(C#N)c1ccccn1. The molecule has 5 nitrogen and oxygen atoms in total. The van der Waals surface area contributed by atoms with Crippen LogP contribution in [0, 0.1) is 11.3 Å². The van der Waals surface area contributed by atoms with Gasteiger partial charge in [-0.1, -0.05) is 6.07 Å². The number of carbonyl (C=O) groups excluding carboxylic acids is 1. The normalized spacial score (nSPS) is 11.5. The molecule has 1 heterocycles. The van der Waals surface area contributed by atoms with Crippen molar-refractivity contribution in [3.8, 4) is 6.07 Å². The number of carbonyl (C=O) groups is 1. The van der Waals surface area contributed by atoms with Gasteiger partial charge >= 0.3 is 5.97 Å². The van der Waals surface area contributed by atoms with Gasteiger partial charge in [-0.05, 0) is 12.1 Å². The molecule has 1 atom stereocenters.